The molecule has 3 aromatic rings. The lowest BCUT2D eigenvalue weighted by atomic mass is 10.0. The van der Waals surface area contributed by atoms with Crippen molar-refractivity contribution in [1.82, 2.24) is 9.78 Å². The fourth-order valence-corrected chi connectivity index (χ4v) is 3.89. The van der Waals surface area contributed by atoms with Crippen LogP contribution in [-0.2, 0) is 20.9 Å². The standard InChI is InChI=1S/C22H20Cl2N4O3/c1-12-3-5-13(6-4-12)20-17(11-31-2)27-28-18(22(30)26-21(20)28)10-19(29)25-16-9-14(23)7-8-15(16)24/h3-9,18H,10-11H2,1-2H3,(H,25,29)(H,26,30). The van der Waals surface area contributed by atoms with Gasteiger partial charge >= 0.3 is 0 Å². The molecule has 2 heterocycles. The van der Waals surface area contributed by atoms with Crippen LogP contribution in [0, 0.1) is 6.92 Å². The number of hydrogen-bond acceptors (Lipinski definition) is 4. The van der Waals surface area contributed by atoms with E-state index in [1.165, 1.54) is 0 Å². The van der Waals surface area contributed by atoms with E-state index in [1.54, 1.807) is 30.0 Å². The molecule has 9 heteroatoms. The fraction of sp³-hybridized carbons (Fsp3) is 0.227. The molecule has 4 rings (SSSR count). The van der Waals surface area contributed by atoms with Crippen LogP contribution < -0.4 is 10.6 Å². The maximum Gasteiger partial charge on any atom is 0.251 e. The molecule has 0 fully saturated rings. The average molecular weight is 459 g/mol. The molecule has 0 saturated heterocycles. The Bertz CT molecular complexity index is 1160. The van der Waals surface area contributed by atoms with Gasteiger partial charge in [0, 0.05) is 17.7 Å². The second-order valence-corrected chi connectivity index (χ2v) is 8.14. The van der Waals surface area contributed by atoms with Crippen molar-refractivity contribution in [3.63, 3.8) is 0 Å². The molecule has 1 aliphatic rings. The van der Waals surface area contributed by atoms with Gasteiger partial charge in [-0.15, -0.1) is 0 Å². The van der Waals surface area contributed by atoms with Crippen molar-refractivity contribution in [2.45, 2.75) is 26.0 Å². The molecule has 0 spiro atoms. The smallest absolute Gasteiger partial charge is 0.251 e. The zero-order chi connectivity index (χ0) is 22.1. The van der Waals surface area contributed by atoms with Crippen LogP contribution in [0.4, 0.5) is 11.5 Å². The van der Waals surface area contributed by atoms with Gasteiger partial charge in [-0.1, -0.05) is 53.0 Å². The first-order valence-corrected chi connectivity index (χ1v) is 10.4. The van der Waals surface area contributed by atoms with Crippen LogP contribution in [0.15, 0.2) is 42.5 Å². The maximum atomic E-state index is 12.7. The quantitative estimate of drug-likeness (QED) is 0.553. The molecule has 1 unspecified atom stereocenters. The summed E-state index contributed by atoms with van der Waals surface area (Å²) in [5, 5.41) is 11.0. The number of aromatic nitrogens is 2. The highest BCUT2D eigenvalue weighted by Gasteiger charge is 2.37. The Morgan fingerprint density at radius 2 is 1.97 bits per heavy atom. The largest absolute Gasteiger partial charge is 0.378 e. The predicted octanol–water partition coefficient (Wildman–Crippen LogP) is 4.83. The van der Waals surface area contributed by atoms with Gasteiger partial charge in [-0.05, 0) is 30.7 Å². The first kappa shape index (κ1) is 21.4. The molecule has 2 amide bonds. The van der Waals surface area contributed by atoms with E-state index >= 15 is 0 Å². The van der Waals surface area contributed by atoms with E-state index < -0.39 is 6.04 Å². The highest BCUT2D eigenvalue weighted by Crippen LogP contribution is 2.39. The summed E-state index contributed by atoms with van der Waals surface area (Å²) < 4.78 is 6.86. The summed E-state index contributed by atoms with van der Waals surface area (Å²) in [5.74, 6) is -0.121. The number of aryl methyl sites for hydroxylation is 1. The number of halogens is 2. The van der Waals surface area contributed by atoms with Crippen molar-refractivity contribution < 1.29 is 14.3 Å². The van der Waals surface area contributed by atoms with Gasteiger partial charge in [-0.2, -0.15) is 5.10 Å². The van der Waals surface area contributed by atoms with E-state index in [0.29, 0.717) is 27.2 Å². The fourth-order valence-electron chi connectivity index (χ4n) is 3.55. The van der Waals surface area contributed by atoms with Gasteiger partial charge < -0.3 is 15.4 Å². The molecule has 0 saturated carbocycles. The van der Waals surface area contributed by atoms with E-state index in [9.17, 15) is 9.59 Å². The minimum absolute atomic E-state index is 0.108. The number of nitrogens with zero attached hydrogens (tertiary/aromatic N) is 2. The summed E-state index contributed by atoms with van der Waals surface area (Å²) in [7, 11) is 1.58. The molecule has 31 heavy (non-hydrogen) atoms. The van der Waals surface area contributed by atoms with Crippen molar-refractivity contribution >= 4 is 46.5 Å². The Labute approximate surface area is 189 Å². The van der Waals surface area contributed by atoms with E-state index in [0.717, 1.165) is 16.7 Å². The highest BCUT2D eigenvalue weighted by atomic mass is 35.5. The monoisotopic (exact) mass is 458 g/mol. The summed E-state index contributed by atoms with van der Waals surface area (Å²) >= 11 is 12.1. The van der Waals surface area contributed by atoms with E-state index in [-0.39, 0.29) is 24.8 Å². The zero-order valence-corrected chi connectivity index (χ0v) is 18.4. The number of carbonyl (C=O) groups is 2. The van der Waals surface area contributed by atoms with Crippen LogP contribution in [-0.4, -0.2) is 28.7 Å². The third kappa shape index (κ3) is 4.30. The molecule has 1 aromatic heterocycles. The molecule has 1 aliphatic heterocycles. The van der Waals surface area contributed by atoms with Crippen molar-refractivity contribution in [3.05, 3.63) is 63.8 Å². The Kier molecular flexibility index (Phi) is 6.00. The summed E-state index contributed by atoms with van der Waals surface area (Å²) in [4.78, 5) is 25.3. The molecule has 1 atom stereocenters. The lowest BCUT2D eigenvalue weighted by molar-refractivity contribution is -0.123. The van der Waals surface area contributed by atoms with E-state index in [2.05, 4.69) is 15.7 Å². The van der Waals surface area contributed by atoms with Gasteiger partial charge in [0.25, 0.3) is 5.91 Å². The lowest BCUT2D eigenvalue weighted by Crippen LogP contribution is -2.24. The molecule has 2 N–H and O–H groups in total. The molecule has 0 bridgehead atoms. The number of methoxy groups -OCH3 is 1. The molecule has 160 valence electrons. The molecule has 2 aromatic carbocycles. The van der Waals surface area contributed by atoms with Crippen LogP contribution >= 0.6 is 23.2 Å². The summed E-state index contributed by atoms with van der Waals surface area (Å²) in [6.07, 6.45) is -0.108. The zero-order valence-electron chi connectivity index (χ0n) is 16.9. The summed E-state index contributed by atoms with van der Waals surface area (Å²) in [6, 6.07) is 11.9. The molecule has 7 nitrogen and oxygen atoms in total. The number of hydrogen-bond donors (Lipinski definition) is 2. The topological polar surface area (TPSA) is 85.2 Å². The Hall–Kier alpha value is -2.87. The van der Waals surface area contributed by atoms with Gasteiger partial charge in [0.1, 0.15) is 11.9 Å². The summed E-state index contributed by atoms with van der Waals surface area (Å²) in [5.41, 5.74) is 3.90. The van der Waals surface area contributed by atoms with Crippen LogP contribution in [0.3, 0.4) is 0 Å². The van der Waals surface area contributed by atoms with Crippen LogP contribution in [0.1, 0.15) is 23.7 Å². The second kappa shape index (κ2) is 8.70. The first-order chi connectivity index (χ1) is 14.9. The van der Waals surface area contributed by atoms with E-state index in [4.69, 9.17) is 27.9 Å². The first-order valence-electron chi connectivity index (χ1n) is 9.60. The molecular weight excluding hydrogens is 439 g/mol. The third-order valence-corrected chi connectivity index (χ3v) is 5.59. The Morgan fingerprint density at radius 1 is 1.23 bits per heavy atom. The number of fused-ring (bicyclic) bond motifs is 1. The molecule has 0 radical (unpaired) electrons. The number of rotatable bonds is 6. The van der Waals surface area contributed by atoms with Crippen molar-refractivity contribution in [2.75, 3.05) is 17.7 Å². The molecule has 0 aliphatic carbocycles. The van der Waals surface area contributed by atoms with Gasteiger partial charge in [0.05, 0.1) is 29.4 Å². The number of benzene rings is 2. The third-order valence-electron chi connectivity index (χ3n) is 5.02. The summed E-state index contributed by atoms with van der Waals surface area (Å²) in [6.45, 7) is 2.28. The van der Waals surface area contributed by atoms with Crippen LogP contribution in [0.25, 0.3) is 11.1 Å². The van der Waals surface area contributed by atoms with Crippen molar-refractivity contribution in [3.8, 4) is 11.1 Å². The van der Waals surface area contributed by atoms with Gasteiger partial charge in [-0.25, -0.2) is 4.68 Å². The van der Waals surface area contributed by atoms with Crippen LogP contribution in [0.5, 0.6) is 0 Å². The highest BCUT2D eigenvalue weighted by molar-refractivity contribution is 6.35. The molecular formula is C22H20Cl2N4O3. The Morgan fingerprint density at radius 3 is 2.68 bits per heavy atom. The normalized spacial score (nSPS) is 15.0. The average Bonchev–Trinajstić information content (AvgIpc) is 3.21. The van der Waals surface area contributed by atoms with Gasteiger partial charge in [0.15, 0.2) is 0 Å². The Balaban J connectivity index is 1.63. The number of anilines is 2. The number of nitrogens with one attached hydrogen (secondary N) is 2. The maximum absolute atomic E-state index is 12.7. The predicted molar refractivity (Wildman–Crippen MR) is 120 cm³/mol. The van der Waals surface area contributed by atoms with Gasteiger partial charge in [-0.3, -0.25) is 9.59 Å². The second-order valence-electron chi connectivity index (χ2n) is 7.30. The SMILES string of the molecule is COCc1nn2c(c1-c1ccc(C)cc1)NC(=O)C2CC(=O)Nc1cc(Cl)ccc1Cl. The van der Waals surface area contributed by atoms with Gasteiger partial charge in [0.2, 0.25) is 5.91 Å². The minimum atomic E-state index is -0.789. The van der Waals surface area contributed by atoms with E-state index in [1.807, 2.05) is 31.2 Å². The number of amides is 2. The number of ether oxygens (including phenoxy) is 1. The lowest BCUT2D eigenvalue weighted by Gasteiger charge is -2.11. The van der Waals surface area contributed by atoms with Crippen molar-refractivity contribution in [2.24, 2.45) is 0 Å². The van der Waals surface area contributed by atoms with Crippen LogP contribution in [0.2, 0.25) is 10.0 Å². The minimum Gasteiger partial charge on any atom is -0.378 e. The van der Waals surface area contributed by atoms with Crippen molar-refractivity contribution in [1.29, 1.82) is 0 Å². The number of carbonyl (C=O) groups excluding carboxylic acids is 2.